The van der Waals surface area contributed by atoms with E-state index in [0.29, 0.717) is 4.34 Å². The fraction of sp³-hybridized carbons (Fsp3) is 0.188. The molecule has 0 unspecified atom stereocenters. The van der Waals surface area contributed by atoms with Crippen molar-refractivity contribution in [2.24, 2.45) is 0 Å². The predicted molar refractivity (Wildman–Crippen MR) is 98.4 cm³/mol. The molecule has 2 heterocycles. The molecule has 8 heteroatoms. The molecule has 0 atom stereocenters. The predicted octanol–water partition coefficient (Wildman–Crippen LogP) is 4.52. The summed E-state index contributed by atoms with van der Waals surface area (Å²) in [5, 5.41) is 6.95. The maximum Gasteiger partial charge on any atom is 0.272 e. The first kappa shape index (κ1) is 17.0. The van der Waals surface area contributed by atoms with E-state index < -0.39 is 10.0 Å². The molecular formula is C16H16ClN3O2S2. The molecule has 0 radical (unpaired) electrons. The van der Waals surface area contributed by atoms with Crippen molar-refractivity contribution in [3.63, 3.8) is 0 Å². The van der Waals surface area contributed by atoms with Crippen LogP contribution in [-0.4, -0.2) is 18.6 Å². The molecule has 0 saturated carbocycles. The number of thiophene rings is 1. The zero-order chi connectivity index (χ0) is 17.5. The third-order valence-electron chi connectivity index (χ3n) is 3.76. The number of sulfonamides is 1. The van der Waals surface area contributed by atoms with Crippen LogP contribution in [0, 0.1) is 20.8 Å². The van der Waals surface area contributed by atoms with Gasteiger partial charge in [0.05, 0.1) is 10.0 Å². The minimum Gasteiger partial charge on any atom is -0.276 e. The van der Waals surface area contributed by atoms with Crippen LogP contribution in [0.5, 0.6) is 0 Å². The highest BCUT2D eigenvalue weighted by molar-refractivity contribution is 7.94. The summed E-state index contributed by atoms with van der Waals surface area (Å²) < 4.78 is 27.7. The topological polar surface area (TPSA) is 74.8 Å². The highest BCUT2D eigenvalue weighted by Gasteiger charge is 2.18. The van der Waals surface area contributed by atoms with Crippen LogP contribution < -0.4 is 4.72 Å². The van der Waals surface area contributed by atoms with Gasteiger partial charge in [-0.15, -0.1) is 11.3 Å². The summed E-state index contributed by atoms with van der Waals surface area (Å²) in [6, 6.07) is 8.87. The van der Waals surface area contributed by atoms with Crippen LogP contribution in [0.25, 0.3) is 11.3 Å². The Labute approximate surface area is 149 Å². The van der Waals surface area contributed by atoms with Crippen molar-refractivity contribution in [3.8, 4) is 11.3 Å². The molecule has 24 heavy (non-hydrogen) atoms. The second kappa shape index (κ2) is 6.23. The lowest BCUT2D eigenvalue weighted by Crippen LogP contribution is -2.11. The van der Waals surface area contributed by atoms with Crippen LogP contribution in [0.15, 0.2) is 34.5 Å². The maximum absolute atomic E-state index is 12.3. The van der Waals surface area contributed by atoms with Gasteiger partial charge in [0, 0.05) is 11.6 Å². The highest BCUT2D eigenvalue weighted by atomic mass is 35.5. The number of halogens is 1. The number of hydrogen-bond acceptors (Lipinski definition) is 4. The molecule has 3 rings (SSSR count). The normalized spacial score (nSPS) is 11.7. The molecule has 2 N–H and O–H groups in total. The number of aryl methyl sites for hydroxylation is 3. The number of nitrogens with zero attached hydrogens (tertiary/aromatic N) is 1. The Kier molecular flexibility index (Phi) is 4.42. The second-order valence-electron chi connectivity index (χ2n) is 5.58. The zero-order valence-electron chi connectivity index (χ0n) is 13.3. The van der Waals surface area contributed by atoms with Crippen LogP contribution in [0.1, 0.15) is 16.7 Å². The molecule has 2 aromatic heterocycles. The van der Waals surface area contributed by atoms with Crippen molar-refractivity contribution in [1.29, 1.82) is 0 Å². The van der Waals surface area contributed by atoms with Gasteiger partial charge in [0.2, 0.25) is 0 Å². The van der Waals surface area contributed by atoms with E-state index in [2.05, 4.69) is 34.0 Å². The SMILES string of the molecule is Cc1cc(C)c(-c2cc(NS(=O)(=O)c3ccc(Cl)s3)n[nH]2)cc1C. The van der Waals surface area contributed by atoms with Gasteiger partial charge in [-0.25, -0.2) is 8.42 Å². The molecular weight excluding hydrogens is 366 g/mol. The van der Waals surface area contributed by atoms with Crippen molar-refractivity contribution in [3.05, 3.63) is 51.4 Å². The molecule has 0 bridgehead atoms. The number of nitrogens with one attached hydrogen (secondary N) is 2. The number of benzene rings is 1. The van der Waals surface area contributed by atoms with E-state index in [1.54, 1.807) is 12.1 Å². The lowest BCUT2D eigenvalue weighted by Gasteiger charge is -2.07. The van der Waals surface area contributed by atoms with E-state index in [-0.39, 0.29) is 10.0 Å². The van der Waals surface area contributed by atoms with Gasteiger partial charge in [-0.05, 0) is 55.7 Å². The Morgan fingerprint density at radius 2 is 1.79 bits per heavy atom. The largest absolute Gasteiger partial charge is 0.276 e. The summed E-state index contributed by atoms with van der Waals surface area (Å²) in [4.78, 5) is 0. The molecule has 3 aromatic rings. The summed E-state index contributed by atoms with van der Waals surface area (Å²) in [7, 11) is -3.68. The van der Waals surface area contributed by atoms with E-state index in [4.69, 9.17) is 11.6 Å². The molecule has 126 valence electrons. The van der Waals surface area contributed by atoms with Gasteiger partial charge in [0.1, 0.15) is 4.21 Å². The van der Waals surface area contributed by atoms with Gasteiger partial charge in [-0.1, -0.05) is 17.7 Å². The average Bonchev–Trinajstić information content (AvgIpc) is 3.12. The second-order valence-corrected chi connectivity index (χ2v) is 9.21. The van der Waals surface area contributed by atoms with Gasteiger partial charge in [-0.3, -0.25) is 9.82 Å². The average molecular weight is 382 g/mol. The van der Waals surface area contributed by atoms with E-state index in [1.165, 1.54) is 17.2 Å². The van der Waals surface area contributed by atoms with Crippen molar-refractivity contribution in [1.82, 2.24) is 10.2 Å². The minimum absolute atomic E-state index is 0.152. The van der Waals surface area contributed by atoms with Crippen molar-refractivity contribution >= 4 is 38.8 Å². The van der Waals surface area contributed by atoms with Crippen LogP contribution in [-0.2, 0) is 10.0 Å². The summed E-state index contributed by atoms with van der Waals surface area (Å²) in [6.45, 7) is 6.11. The molecule has 0 saturated heterocycles. The van der Waals surface area contributed by atoms with Crippen molar-refractivity contribution < 1.29 is 8.42 Å². The summed E-state index contributed by atoms with van der Waals surface area (Å²) in [5.41, 5.74) is 5.24. The monoisotopic (exact) mass is 381 g/mol. The third-order valence-corrected chi connectivity index (χ3v) is 6.84. The third kappa shape index (κ3) is 3.33. The van der Waals surface area contributed by atoms with E-state index in [0.717, 1.165) is 28.2 Å². The smallest absolute Gasteiger partial charge is 0.272 e. The Bertz CT molecular complexity index is 1010. The number of hydrogen-bond donors (Lipinski definition) is 2. The number of aromatic nitrogens is 2. The van der Waals surface area contributed by atoms with Crippen molar-refractivity contribution in [2.45, 2.75) is 25.0 Å². The fourth-order valence-corrected chi connectivity index (χ4v) is 4.87. The molecule has 0 aliphatic rings. The molecule has 0 amide bonds. The lowest BCUT2D eigenvalue weighted by atomic mass is 9.99. The first-order valence-corrected chi connectivity index (χ1v) is 9.86. The van der Waals surface area contributed by atoms with Gasteiger partial charge in [0.15, 0.2) is 5.82 Å². The number of aromatic amines is 1. The zero-order valence-corrected chi connectivity index (χ0v) is 15.7. The van der Waals surface area contributed by atoms with E-state index in [9.17, 15) is 8.42 Å². The van der Waals surface area contributed by atoms with Crippen LogP contribution in [0.2, 0.25) is 4.34 Å². The summed E-state index contributed by atoms with van der Waals surface area (Å²) >= 11 is 6.80. The maximum atomic E-state index is 12.3. The Hall–Kier alpha value is -1.83. The standard InChI is InChI=1S/C16H16ClN3O2S2/c1-9-6-11(3)12(7-10(9)2)13-8-15(19-18-13)20-24(21,22)16-5-4-14(17)23-16/h4-8H,1-3H3,(H2,18,19,20). The van der Waals surface area contributed by atoms with Gasteiger partial charge >= 0.3 is 0 Å². The van der Waals surface area contributed by atoms with Crippen LogP contribution in [0.3, 0.4) is 0 Å². The minimum atomic E-state index is -3.68. The van der Waals surface area contributed by atoms with Crippen LogP contribution in [0.4, 0.5) is 5.82 Å². The molecule has 5 nitrogen and oxygen atoms in total. The van der Waals surface area contributed by atoms with Gasteiger partial charge in [0.25, 0.3) is 10.0 Å². The Morgan fingerprint density at radius 3 is 2.46 bits per heavy atom. The number of H-pyrrole nitrogens is 1. The van der Waals surface area contributed by atoms with Crippen LogP contribution >= 0.6 is 22.9 Å². The summed E-state index contributed by atoms with van der Waals surface area (Å²) in [6.07, 6.45) is 0. The molecule has 0 spiro atoms. The first-order chi connectivity index (χ1) is 11.3. The molecule has 0 aliphatic heterocycles. The van der Waals surface area contributed by atoms with Crippen molar-refractivity contribution in [2.75, 3.05) is 4.72 Å². The Balaban J connectivity index is 1.90. The molecule has 1 aromatic carbocycles. The van der Waals surface area contributed by atoms with E-state index >= 15 is 0 Å². The first-order valence-electron chi connectivity index (χ1n) is 7.18. The molecule has 0 aliphatic carbocycles. The summed E-state index contributed by atoms with van der Waals surface area (Å²) in [5.74, 6) is 0.243. The Morgan fingerprint density at radius 1 is 1.08 bits per heavy atom. The van der Waals surface area contributed by atoms with Gasteiger partial charge < -0.3 is 0 Å². The molecule has 0 fully saturated rings. The number of rotatable bonds is 4. The fourth-order valence-electron chi connectivity index (χ4n) is 2.39. The quantitative estimate of drug-likeness (QED) is 0.697. The number of anilines is 1. The van der Waals surface area contributed by atoms with E-state index in [1.807, 2.05) is 13.8 Å². The highest BCUT2D eigenvalue weighted by Crippen LogP contribution is 2.29. The lowest BCUT2D eigenvalue weighted by molar-refractivity contribution is 0.603. The van der Waals surface area contributed by atoms with Gasteiger partial charge in [-0.2, -0.15) is 5.10 Å².